The van der Waals surface area contributed by atoms with Crippen molar-refractivity contribution in [2.24, 2.45) is 0 Å². The molecular weight excluding hydrogens is 319 g/mol. The van der Waals surface area contributed by atoms with Crippen LogP contribution in [0.4, 0.5) is 4.39 Å². The lowest BCUT2D eigenvalue weighted by molar-refractivity contribution is 0.0950. The van der Waals surface area contributed by atoms with Gasteiger partial charge in [-0.2, -0.15) is 10.4 Å². The molecule has 1 aromatic heterocycles. The zero-order valence-electron chi connectivity index (χ0n) is 13.5. The first-order valence-corrected chi connectivity index (χ1v) is 7.67. The van der Waals surface area contributed by atoms with Crippen molar-refractivity contribution in [3.8, 4) is 11.8 Å². The minimum atomic E-state index is -0.404. The molecule has 0 aliphatic heterocycles. The van der Waals surface area contributed by atoms with E-state index in [0.717, 1.165) is 5.56 Å². The summed E-state index contributed by atoms with van der Waals surface area (Å²) in [6.45, 7) is 2.05. The fourth-order valence-corrected chi connectivity index (χ4v) is 2.47. The summed E-state index contributed by atoms with van der Waals surface area (Å²) >= 11 is 0. The number of carbonyl (C=O) groups is 1. The third kappa shape index (κ3) is 3.40. The number of rotatable bonds is 4. The van der Waals surface area contributed by atoms with Gasteiger partial charge in [0.1, 0.15) is 11.5 Å². The molecule has 3 rings (SSSR count). The SMILES string of the molecule is Cc1c(C(=O)NCc2ccc(C#N)cc2)cnn1-c1ccccc1F. The summed E-state index contributed by atoms with van der Waals surface area (Å²) in [4.78, 5) is 12.4. The van der Waals surface area contributed by atoms with Gasteiger partial charge in [-0.05, 0) is 36.8 Å². The molecule has 5 nitrogen and oxygen atoms in total. The smallest absolute Gasteiger partial charge is 0.255 e. The number of para-hydroxylation sites is 1. The molecule has 2 aromatic carbocycles. The second-order valence-corrected chi connectivity index (χ2v) is 5.50. The molecule has 0 spiro atoms. The monoisotopic (exact) mass is 334 g/mol. The quantitative estimate of drug-likeness (QED) is 0.797. The van der Waals surface area contributed by atoms with E-state index in [-0.39, 0.29) is 5.91 Å². The number of nitrogens with one attached hydrogen (secondary N) is 1. The van der Waals surface area contributed by atoms with Gasteiger partial charge < -0.3 is 5.32 Å². The lowest BCUT2D eigenvalue weighted by Crippen LogP contribution is -2.23. The lowest BCUT2D eigenvalue weighted by Gasteiger charge is -2.07. The van der Waals surface area contributed by atoms with E-state index in [2.05, 4.69) is 10.4 Å². The van der Waals surface area contributed by atoms with Crippen molar-refractivity contribution >= 4 is 5.91 Å². The summed E-state index contributed by atoms with van der Waals surface area (Å²) in [5.41, 5.74) is 2.69. The summed E-state index contributed by atoms with van der Waals surface area (Å²) in [6, 6.07) is 15.3. The Morgan fingerprint density at radius 2 is 1.96 bits per heavy atom. The Balaban J connectivity index is 1.75. The molecule has 0 saturated heterocycles. The van der Waals surface area contributed by atoms with Crippen molar-refractivity contribution in [3.05, 3.63) is 82.9 Å². The lowest BCUT2D eigenvalue weighted by atomic mass is 10.1. The van der Waals surface area contributed by atoms with Crippen molar-refractivity contribution in [1.82, 2.24) is 15.1 Å². The van der Waals surface area contributed by atoms with E-state index in [9.17, 15) is 9.18 Å². The molecule has 0 fully saturated rings. The van der Waals surface area contributed by atoms with E-state index in [1.165, 1.54) is 16.9 Å². The third-order valence-electron chi connectivity index (χ3n) is 3.87. The van der Waals surface area contributed by atoms with Crippen molar-refractivity contribution in [2.45, 2.75) is 13.5 Å². The summed E-state index contributed by atoms with van der Waals surface area (Å²) in [5, 5.41) is 15.7. The van der Waals surface area contributed by atoms with Crippen LogP contribution >= 0.6 is 0 Å². The molecule has 0 aliphatic carbocycles. The highest BCUT2D eigenvalue weighted by molar-refractivity contribution is 5.95. The van der Waals surface area contributed by atoms with Gasteiger partial charge >= 0.3 is 0 Å². The van der Waals surface area contributed by atoms with E-state index >= 15 is 0 Å². The Morgan fingerprint density at radius 1 is 1.24 bits per heavy atom. The van der Waals surface area contributed by atoms with Crippen LogP contribution in [0.3, 0.4) is 0 Å². The van der Waals surface area contributed by atoms with Crippen LogP contribution in [0, 0.1) is 24.1 Å². The zero-order chi connectivity index (χ0) is 17.8. The minimum Gasteiger partial charge on any atom is -0.348 e. The van der Waals surface area contributed by atoms with Gasteiger partial charge in [-0.25, -0.2) is 9.07 Å². The van der Waals surface area contributed by atoms with Crippen LogP contribution in [-0.4, -0.2) is 15.7 Å². The molecule has 0 radical (unpaired) electrons. The second kappa shape index (κ2) is 6.97. The molecule has 3 aromatic rings. The van der Waals surface area contributed by atoms with Gasteiger partial charge in [0.2, 0.25) is 0 Å². The zero-order valence-corrected chi connectivity index (χ0v) is 13.5. The number of hydrogen-bond donors (Lipinski definition) is 1. The maximum atomic E-state index is 13.9. The Bertz CT molecular complexity index is 954. The molecular formula is C19H15FN4O. The topological polar surface area (TPSA) is 70.7 Å². The number of carbonyl (C=O) groups excluding carboxylic acids is 1. The maximum Gasteiger partial charge on any atom is 0.255 e. The molecule has 1 heterocycles. The number of hydrogen-bond acceptors (Lipinski definition) is 3. The molecule has 0 unspecified atom stereocenters. The molecule has 0 saturated carbocycles. The Labute approximate surface area is 144 Å². The van der Waals surface area contributed by atoms with E-state index < -0.39 is 5.82 Å². The van der Waals surface area contributed by atoms with Crippen LogP contribution in [0.2, 0.25) is 0 Å². The van der Waals surface area contributed by atoms with Gasteiger partial charge in [-0.15, -0.1) is 0 Å². The number of amides is 1. The molecule has 0 aliphatic rings. The van der Waals surface area contributed by atoms with Crippen molar-refractivity contribution in [2.75, 3.05) is 0 Å². The van der Waals surface area contributed by atoms with E-state index in [1.54, 1.807) is 49.4 Å². The van der Waals surface area contributed by atoms with E-state index in [0.29, 0.717) is 29.1 Å². The van der Waals surface area contributed by atoms with Crippen LogP contribution in [0.15, 0.2) is 54.7 Å². The Hall–Kier alpha value is -3.46. The maximum absolute atomic E-state index is 13.9. The number of benzene rings is 2. The van der Waals surface area contributed by atoms with Crippen LogP contribution in [0.5, 0.6) is 0 Å². The molecule has 124 valence electrons. The van der Waals surface area contributed by atoms with Gasteiger partial charge in [-0.3, -0.25) is 4.79 Å². The predicted octanol–water partition coefficient (Wildman–Crippen LogP) is 3.12. The van der Waals surface area contributed by atoms with Crippen LogP contribution in [0.1, 0.15) is 27.2 Å². The fourth-order valence-electron chi connectivity index (χ4n) is 2.47. The molecule has 1 amide bonds. The standard InChI is InChI=1S/C19H15FN4O/c1-13-16(12-23-24(13)18-5-3-2-4-17(18)20)19(25)22-11-15-8-6-14(10-21)7-9-15/h2-9,12H,11H2,1H3,(H,22,25). The first-order valence-electron chi connectivity index (χ1n) is 7.67. The number of halogens is 1. The van der Waals surface area contributed by atoms with Gasteiger partial charge in [0.05, 0.1) is 29.1 Å². The summed E-state index contributed by atoms with van der Waals surface area (Å²) in [5.74, 6) is -0.692. The highest BCUT2D eigenvalue weighted by atomic mass is 19.1. The van der Waals surface area contributed by atoms with E-state index in [1.807, 2.05) is 6.07 Å². The average molecular weight is 334 g/mol. The van der Waals surface area contributed by atoms with Crippen LogP contribution in [-0.2, 0) is 6.54 Å². The summed E-state index contributed by atoms with van der Waals surface area (Å²) in [7, 11) is 0. The predicted molar refractivity (Wildman–Crippen MR) is 90.6 cm³/mol. The molecule has 25 heavy (non-hydrogen) atoms. The highest BCUT2D eigenvalue weighted by Crippen LogP contribution is 2.17. The Morgan fingerprint density at radius 3 is 2.64 bits per heavy atom. The number of nitriles is 1. The molecule has 1 N–H and O–H groups in total. The first kappa shape index (κ1) is 16.4. The largest absolute Gasteiger partial charge is 0.348 e. The van der Waals surface area contributed by atoms with Crippen molar-refractivity contribution < 1.29 is 9.18 Å². The third-order valence-corrected chi connectivity index (χ3v) is 3.87. The van der Waals surface area contributed by atoms with Gasteiger partial charge in [0.25, 0.3) is 5.91 Å². The van der Waals surface area contributed by atoms with Gasteiger partial charge in [0, 0.05) is 6.54 Å². The van der Waals surface area contributed by atoms with Crippen LogP contribution < -0.4 is 5.32 Å². The molecule has 0 atom stereocenters. The number of nitrogens with zero attached hydrogens (tertiary/aromatic N) is 3. The minimum absolute atomic E-state index is 0.288. The number of aromatic nitrogens is 2. The van der Waals surface area contributed by atoms with Crippen molar-refractivity contribution in [3.63, 3.8) is 0 Å². The van der Waals surface area contributed by atoms with Crippen molar-refractivity contribution in [1.29, 1.82) is 5.26 Å². The molecule has 6 heteroatoms. The summed E-state index contributed by atoms with van der Waals surface area (Å²) < 4.78 is 15.3. The van der Waals surface area contributed by atoms with Crippen LogP contribution in [0.25, 0.3) is 5.69 Å². The average Bonchev–Trinajstić information content (AvgIpc) is 3.02. The Kier molecular flexibility index (Phi) is 4.57. The molecule has 0 bridgehead atoms. The fraction of sp³-hybridized carbons (Fsp3) is 0.105. The normalized spacial score (nSPS) is 10.3. The summed E-state index contributed by atoms with van der Waals surface area (Å²) in [6.07, 6.45) is 1.43. The second-order valence-electron chi connectivity index (χ2n) is 5.50. The first-order chi connectivity index (χ1) is 12.1. The van der Waals surface area contributed by atoms with Gasteiger partial charge in [-0.1, -0.05) is 24.3 Å². The highest BCUT2D eigenvalue weighted by Gasteiger charge is 2.16. The van der Waals surface area contributed by atoms with Gasteiger partial charge in [0.15, 0.2) is 0 Å². The van der Waals surface area contributed by atoms with E-state index in [4.69, 9.17) is 5.26 Å².